The van der Waals surface area contributed by atoms with E-state index in [0.29, 0.717) is 19.0 Å². The molecule has 2 heterocycles. The van der Waals surface area contributed by atoms with Crippen LogP contribution in [0, 0.1) is 0 Å². The Morgan fingerprint density at radius 1 is 1.26 bits per heavy atom. The zero-order valence-corrected chi connectivity index (χ0v) is 19.3. The summed E-state index contributed by atoms with van der Waals surface area (Å²) in [5, 5.41) is 10.3. The highest BCUT2D eigenvalue weighted by atomic mass is 127. The number of nitrogens with zero attached hydrogens (tertiary/aromatic N) is 4. The third kappa shape index (κ3) is 7.65. The molecule has 0 spiro atoms. The highest BCUT2D eigenvalue weighted by molar-refractivity contribution is 14.0. The lowest BCUT2D eigenvalue weighted by Crippen LogP contribution is -2.54. The minimum Gasteiger partial charge on any atom is -0.359 e. The first kappa shape index (κ1) is 23.7. The number of rotatable bonds is 6. The number of carbonyl (C=O) groups excluding carboxylic acids is 1. The summed E-state index contributed by atoms with van der Waals surface area (Å²) >= 11 is 0. The second kappa shape index (κ2) is 11.5. The van der Waals surface area contributed by atoms with Gasteiger partial charge >= 0.3 is 0 Å². The molecule has 0 saturated carbocycles. The molecule has 154 valence electrons. The molecule has 0 radical (unpaired) electrons. The summed E-state index contributed by atoms with van der Waals surface area (Å²) < 4.78 is 5.36. The van der Waals surface area contributed by atoms with Gasteiger partial charge in [-0.25, -0.2) is 0 Å². The summed E-state index contributed by atoms with van der Waals surface area (Å²) in [4.78, 5) is 20.6. The fourth-order valence-corrected chi connectivity index (χ4v) is 2.87. The standard InChI is InChI=1S/C18H32N6O2.HI/c1-13(2)16-10-15(26-22-16)11-20-18(19-5)24-8-6-23(7-9-24)12-17(25)21-14(3)4;/h10,13-14H,6-9,11-12H2,1-5H3,(H,19,20)(H,21,25);1H. The average Bonchev–Trinajstić information content (AvgIpc) is 3.05. The number of halogens is 1. The van der Waals surface area contributed by atoms with Gasteiger partial charge in [-0.15, -0.1) is 24.0 Å². The maximum absolute atomic E-state index is 11.9. The summed E-state index contributed by atoms with van der Waals surface area (Å²) in [5.74, 6) is 2.09. The largest absolute Gasteiger partial charge is 0.359 e. The second-order valence-electron chi connectivity index (χ2n) is 7.26. The number of guanidine groups is 1. The summed E-state index contributed by atoms with van der Waals surface area (Å²) in [6.07, 6.45) is 0. The van der Waals surface area contributed by atoms with Gasteiger partial charge in [0.2, 0.25) is 5.91 Å². The van der Waals surface area contributed by atoms with Gasteiger partial charge in [-0.3, -0.25) is 14.7 Å². The van der Waals surface area contributed by atoms with Crippen molar-refractivity contribution < 1.29 is 9.32 Å². The number of amides is 1. The molecule has 8 nitrogen and oxygen atoms in total. The maximum atomic E-state index is 11.9. The van der Waals surface area contributed by atoms with Crippen LogP contribution in [0.2, 0.25) is 0 Å². The van der Waals surface area contributed by atoms with Crippen LogP contribution in [0.15, 0.2) is 15.6 Å². The van der Waals surface area contributed by atoms with Crippen molar-refractivity contribution in [3.63, 3.8) is 0 Å². The van der Waals surface area contributed by atoms with Gasteiger partial charge < -0.3 is 20.1 Å². The van der Waals surface area contributed by atoms with E-state index >= 15 is 0 Å². The molecule has 9 heteroatoms. The zero-order valence-electron chi connectivity index (χ0n) is 17.0. The van der Waals surface area contributed by atoms with Crippen molar-refractivity contribution in [2.45, 2.75) is 46.2 Å². The molecule has 0 bridgehead atoms. The monoisotopic (exact) mass is 492 g/mol. The molecule has 2 N–H and O–H groups in total. The zero-order chi connectivity index (χ0) is 19.1. The van der Waals surface area contributed by atoms with Gasteiger partial charge in [0.25, 0.3) is 0 Å². The third-order valence-corrected chi connectivity index (χ3v) is 4.29. The van der Waals surface area contributed by atoms with E-state index in [2.05, 4.69) is 44.4 Å². The molecule has 1 aliphatic rings. The van der Waals surface area contributed by atoms with Crippen LogP contribution in [0.3, 0.4) is 0 Å². The Morgan fingerprint density at radius 3 is 2.44 bits per heavy atom. The SMILES string of the molecule is CN=C(NCc1cc(C(C)C)no1)N1CCN(CC(=O)NC(C)C)CC1.I. The number of hydrogen-bond donors (Lipinski definition) is 2. The maximum Gasteiger partial charge on any atom is 0.234 e. The molecule has 0 aromatic carbocycles. The van der Waals surface area contributed by atoms with Crippen molar-refractivity contribution in [1.82, 2.24) is 25.6 Å². The predicted molar refractivity (Wildman–Crippen MR) is 117 cm³/mol. The Labute approximate surface area is 179 Å². The van der Waals surface area contributed by atoms with Crippen molar-refractivity contribution in [2.24, 2.45) is 4.99 Å². The van der Waals surface area contributed by atoms with Crippen molar-refractivity contribution in [1.29, 1.82) is 0 Å². The summed E-state index contributed by atoms with van der Waals surface area (Å²) in [6.45, 7) is 12.5. The van der Waals surface area contributed by atoms with Crippen LogP contribution in [0.25, 0.3) is 0 Å². The van der Waals surface area contributed by atoms with Gasteiger partial charge in [-0.2, -0.15) is 0 Å². The number of hydrogen-bond acceptors (Lipinski definition) is 5. The molecule has 0 atom stereocenters. The van der Waals surface area contributed by atoms with E-state index in [4.69, 9.17) is 4.52 Å². The first-order valence-corrected chi connectivity index (χ1v) is 9.31. The summed E-state index contributed by atoms with van der Waals surface area (Å²) in [7, 11) is 1.78. The van der Waals surface area contributed by atoms with Crippen LogP contribution >= 0.6 is 24.0 Å². The van der Waals surface area contributed by atoms with E-state index in [-0.39, 0.29) is 35.9 Å². The minimum absolute atomic E-state index is 0. The molecular weight excluding hydrogens is 459 g/mol. The van der Waals surface area contributed by atoms with E-state index in [9.17, 15) is 4.79 Å². The van der Waals surface area contributed by atoms with Crippen LogP contribution in [-0.2, 0) is 11.3 Å². The fraction of sp³-hybridized carbons (Fsp3) is 0.722. The Kier molecular flexibility index (Phi) is 10.1. The predicted octanol–water partition coefficient (Wildman–Crippen LogP) is 1.63. The van der Waals surface area contributed by atoms with E-state index < -0.39 is 0 Å². The molecule has 1 aromatic rings. The Bertz CT molecular complexity index is 609. The van der Waals surface area contributed by atoms with Crippen LogP contribution < -0.4 is 10.6 Å². The molecule has 1 saturated heterocycles. The normalized spacial score (nSPS) is 15.8. The Morgan fingerprint density at radius 2 is 1.93 bits per heavy atom. The fourth-order valence-electron chi connectivity index (χ4n) is 2.87. The van der Waals surface area contributed by atoms with Crippen LogP contribution in [0.1, 0.15) is 45.1 Å². The highest BCUT2D eigenvalue weighted by Gasteiger charge is 2.21. The number of nitrogens with one attached hydrogen (secondary N) is 2. The van der Waals surface area contributed by atoms with Gasteiger partial charge in [0, 0.05) is 45.3 Å². The van der Waals surface area contributed by atoms with Crippen molar-refractivity contribution in [3.8, 4) is 0 Å². The van der Waals surface area contributed by atoms with Gasteiger partial charge in [0.1, 0.15) is 0 Å². The molecular formula is C18H33IN6O2. The average molecular weight is 492 g/mol. The number of carbonyl (C=O) groups is 1. The van der Waals surface area contributed by atoms with Crippen LogP contribution in [-0.4, -0.2) is 72.6 Å². The molecule has 0 aliphatic carbocycles. The molecule has 1 fully saturated rings. The topological polar surface area (TPSA) is 86.0 Å². The van der Waals surface area contributed by atoms with E-state index in [1.807, 2.05) is 19.9 Å². The first-order chi connectivity index (χ1) is 12.4. The van der Waals surface area contributed by atoms with E-state index in [1.165, 1.54) is 0 Å². The lowest BCUT2D eigenvalue weighted by Gasteiger charge is -2.36. The van der Waals surface area contributed by atoms with E-state index in [0.717, 1.165) is 43.6 Å². The molecule has 1 aliphatic heterocycles. The Hall–Kier alpha value is -1.36. The Balaban J connectivity index is 0.00000364. The molecule has 27 heavy (non-hydrogen) atoms. The highest BCUT2D eigenvalue weighted by Crippen LogP contribution is 2.14. The number of piperazine rings is 1. The minimum atomic E-state index is 0. The van der Waals surface area contributed by atoms with Crippen molar-refractivity contribution in [2.75, 3.05) is 39.8 Å². The lowest BCUT2D eigenvalue weighted by molar-refractivity contribution is -0.123. The number of aliphatic imine (C=N–C) groups is 1. The van der Waals surface area contributed by atoms with Gasteiger partial charge in [0.05, 0.1) is 18.8 Å². The van der Waals surface area contributed by atoms with Crippen LogP contribution in [0.5, 0.6) is 0 Å². The number of aromatic nitrogens is 1. The van der Waals surface area contributed by atoms with Gasteiger partial charge in [0.15, 0.2) is 11.7 Å². The molecule has 0 unspecified atom stereocenters. The second-order valence-corrected chi connectivity index (χ2v) is 7.26. The molecule has 2 rings (SSSR count). The quantitative estimate of drug-likeness (QED) is 0.357. The molecule has 1 amide bonds. The van der Waals surface area contributed by atoms with Crippen molar-refractivity contribution in [3.05, 3.63) is 17.5 Å². The van der Waals surface area contributed by atoms with Crippen LogP contribution in [0.4, 0.5) is 0 Å². The van der Waals surface area contributed by atoms with E-state index in [1.54, 1.807) is 7.05 Å². The summed E-state index contributed by atoms with van der Waals surface area (Å²) in [5.41, 5.74) is 0.963. The molecule has 1 aromatic heterocycles. The summed E-state index contributed by atoms with van der Waals surface area (Å²) in [6, 6.07) is 2.16. The third-order valence-electron chi connectivity index (χ3n) is 4.29. The van der Waals surface area contributed by atoms with Gasteiger partial charge in [-0.1, -0.05) is 19.0 Å². The van der Waals surface area contributed by atoms with Gasteiger partial charge in [-0.05, 0) is 19.8 Å². The van der Waals surface area contributed by atoms with Crippen molar-refractivity contribution >= 4 is 35.8 Å². The smallest absolute Gasteiger partial charge is 0.234 e. The lowest BCUT2D eigenvalue weighted by atomic mass is 10.1. The first-order valence-electron chi connectivity index (χ1n) is 9.31.